The fourth-order valence-corrected chi connectivity index (χ4v) is 33.3. The average molecular weight is 307 g/mol. The van der Waals surface area contributed by atoms with E-state index in [4.69, 9.17) is 0 Å². The van der Waals surface area contributed by atoms with Crippen molar-refractivity contribution in [1.82, 2.24) is 0 Å². The predicted octanol–water partition coefficient (Wildman–Crippen LogP) is 4.10. The highest BCUT2D eigenvalue weighted by molar-refractivity contribution is 7.02. The lowest BCUT2D eigenvalue weighted by molar-refractivity contribution is 0.552. The van der Waals surface area contributed by atoms with Gasteiger partial charge in [-0.25, -0.2) is 0 Å². The van der Waals surface area contributed by atoms with Crippen LogP contribution in [0.15, 0.2) is 0 Å². The van der Waals surface area contributed by atoms with Crippen molar-refractivity contribution in [3.63, 3.8) is 0 Å². The van der Waals surface area contributed by atoms with Crippen LogP contribution in [0.4, 0.5) is 0 Å². The summed E-state index contributed by atoms with van der Waals surface area (Å²) >= 11 is 0. The highest BCUT2D eigenvalue weighted by atomic mass is 28.4. The van der Waals surface area contributed by atoms with Crippen LogP contribution in [0.1, 0.15) is 6.92 Å². The van der Waals surface area contributed by atoms with Crippen molar-refractivity contribution in [1.29, 1.82) is 0 Å². The zero-order valence-electron chi connectivity index (χ0n) is 13.4. The largest absolute Gasteiger partial charge is 0.433 e. The first-order valence-corrected chi connectivity index (χ1v) is 19.9. The zero-order chi connectivity index (χ0) is 13.9. The molecule has 0 aromatic rings. The second-order valence-electron chi connectivity index (χ2n) is 8.13. The normalized spacial score (nSPS) is 17.3. The minimum Gasteiger partial charge on any atom is -0.433 e. The van der Waals surface area contributed by atoms with Gasteiger partial charge in [0.15, 0.2) is 8.32 Å². The molecule has 17 heavy (non-hydrogen) atoms. The molecule has 0 saturated carbocycles. The third-order valence-electron chi connectivity index (χ3n) is 3.64. The van der Waals surface area contributed by atoms with Gasteiger partial charge < -0.3 is 4.80 Å². The highest BCUT2D eigenvalue weighted by Gasteiger charge is 2.39. The molecule has 0 aliphatic heterocycles. The van der Waals surface area contributed by atoms with Crippen LogP contribution in [-0.4, -0.2) is 38.1 Å². The molecule has 0 saturated heterocycles. The molecule has 1 unspecified atom stereocenters. The Morgan fingerprint density at radius 2 is 1.29 bits per heavy atom. The summed E-state index contributed by atoms with van der Waals surface area (Å²) in [5, 5.41) is 0. The standard InChI is InChI=1S/C12H34OSi4/c1-9-15(4,5)11-17(8,13)12-16(6,7)10-14(2)3/h13-14H,9-12H2,1-8H3. The van der Waals surface area contributed by atoms with E-state index in [2.05, 4.69) is 52.8 Å². The molecule has 1 nitrogen and oxygen atoms in total. The minimum atomic E-state index is -1.92. The van der Waals surface area contributed by atoms with Crippen molar-refractivity contribution < 1.29 is 4.80 Å². The summed E-state index contributed by atoms with van der Waals surface area (Å²) < 4.78 is 0. The van der Waals surface area contributed by atoms with Crippen molar-refractivity contribution in [2.24, 2.45) is 0 Å². The molecule has 0 aromatic heterocycles. The van der Waals surface area contributed by atoms with E-state index in [-0.39, 0.29) is 0 Å². The molecule has 0 heterocycles. The Balaban J connectivity index is 4.53. The Hall–Kier alpha value is 0.828. The van der Waals surface area contributed by atoms with E-state index in [1.54, 1.807) is 0 Å². The van der Waals surface area contributed by atoms with Crippen molar-refractivity contribution in [2.75, 3.05) is 0 Å². The summed E-state index contributed by atoms with van der Waals surface area (Å²) in [6.07, 6.45) is 0. The first kappa shape index (κ1) is 17.8. The lowest BCUT2D eigenvalue weighted by Gasteiger charge is -2.35. The number of rotatable bonds is 7. The van der Waals surface area contributed by atoms with Gasteiger partial charge in [-0.2, -0.15) is 0 Å². The maximum absolute atomic E-state index is 10.9. The average Bonchev–Trinajstić information content (AvgIpc) is 1.96. The molecule has 0 aromatic carbocycles. The fraction of sp³-hybridized carbons (Fsp3) is 1.00. The molecule has 0 radical (unpaired) electrons. The zero-order valence-corrected chi connectivity index (χ0v) is 17.5. The highest BCUT2D eigenvalue weighted by Crippen LogP contribution is 2.29. The maximum atomic E-state index is 10.9. The van der Waals surface area contributed by atoms with Crippen molar-refractivity contribution in [2.45, 2.75) is 75.8 Å². The smallest absolute Gasteiger partial charge is 0.180 e. The Labute approximate surface area is 114 Å². The maximum Gasteiger partial charge on any atom is 0.180 e. The Morgan fingerprint density at radius 3 is 1.65 bits per heavy atom. The first-order valence-electron chi connectivity index (χ1n) is 7.11. The van der Waals surface area contributed by atoms with Gasteiger partial charge in [0.25, 0.3) is 0 Å². The third-order valence-corrected chi connectivity index (χ3v) is 27.0. The number of hydrogen-bond donors (Lipinski definition) is 1. The molecule has 0 aliphatic rings. The van der Waals surface area contributed by atoms with Gasteiger partial charge in [0, 0.05) is 24.9 Å². The van der Waals surface area contributed by atoms with Gasteiger partial charge in [-0.05, 0) is 17.9 Å². The Morgan fingerprint density at radius 1 is 0.882 bits per heavy atom. The Kier molecular flexibility index (Phi) is 6.63. The molecule has 0 bridgehead atoms. The summed E-state index contributed by atoms with van der Waals surface area (Å²) in [7, 11) is -4.60. The second kappa shape index (κ2) is 6.32. The van der Waals surface area contributed by atoms with E-state index in [9.17, 15) is 4.80 Å². The van der Waals surface area contributed by atoms with Crippen LogP contribution in [0, 0.1) is 0 Å². The van der Waals surface area contributed by atoms with Crippen LogP contribution in [0.3, 0.4) is 0 Å². The van der Waals surface area contributed by atoms with Crippen molar-refractivity contribution >= 4 is 33.3 Å². The van der Waals surface area contributed by atoms with Crippen LogP contribution in [0.5, 0.6) is 0 Å². The van der Waals surface area contributed by atoms with Gasteiger partial charge >= 0.3 is 0 Å². The topological polar surface area (TPSA) is 20.2 Å². The van der Waals surface area contributed by atoms with E-state index in [1.165, 1.54) is 23.0 Å². The lowest BCUT2D eigenvalue weighted by Crippen LogP contribution is -2.48. The summed E-state index contributed by atoms with van der Waals surface area (Å²) in [6.45, 7) is 19.3. The first-order chi connectivity index (χ1) is 7.39. The van der Waals surface area contributed by atoms with E-state index in [0.29, 0.717) is 0 Å². The van der Waals surface area contributed by atoms with E-state index in [0.717, 1.165) is 0 Å². The second-order valence-corrected chi connectivity index (χ2v) is 27.7. The molecule has 1 atom stereocenters. The third kappa shape index (κ3) is 8.53. The monoisotopic (exact) mass is 306 g/mol. The molecular formula is C12H34OSi4. The van der Waals surface area contributed by atoms with E-state index in [1.807, 2.05) is 0 Å². The van der Waals surface area contributed by atoms with E-state index >= 15 is 0 Å². The molecule has 0 amide bonds. The van der Waals surface area contributed by atoms with Crippen molar-refractivity contribution in [3.8, 4) is 0 Å². The molecule has 5 heteroatoms. The van der Waals surface area contributed by atoms with Crippen LogP contribution in [0.2, 0.25) is 68.9 Å². The van der Waals surface area contributed by atoms with Gasteiger partial charge in [0.1, 0.15) is 0 Å². The summed E-state index contributed by atoms with van der Waals surface area (Å²) in [5.74, 6) is 0. The van der Waals surface area contributed by atoms with Crippen LogP contribution in [-0.2, 0) is 0 Å². The summed E-state index contributed by atoms with van der Waals surface area (Å²) in [5.41, 5.74) is 3.96. The number of hydrogen-bond acceptors (Lipinski definition) is 1. The van der Waals surface area contributed by atoms with Gasteiger partial charge in [0.05, 0.1) is 0 Å². The van der Waals surface area contributed by atoms with Gasteiger partial charge in [-0.15, -0.1) is 0 Å². The molecule has 0 aliphatic carbocycles. The SMILES string of the molecule is CC[Si](C)(C)C[Si](C)(O)C[Si](C)(C)C[SiH](C)C. The summed E-state index contributed by atoms with van der Waals surface area (Å²) in [6, 6.07) is 1.32. The van der Waals surface area contributed by atoms with Gasteiger partial charge in [0.2, 0.25) is 0 Å². The van der Waals surface area contributed by atoms with E-state index < -0.39 is 33.3 Å². The Bertz CT molecular complexity index is 237. The van der Waals surface area contributed by atoms with Crippen LogP contribution < -0.4 is 0 Å². The predicted molar refractivity (Wildman–Crippen MR) is 92.6 cm³/mol. The van der Waals surface area contributed by atoms with Crippen LogP contribution >= 0.6 is 0 Å². The molecule has 0 rings (SSSR count). The molecular weight excluding hydrogens is 272 g/mol. The molecule has 104 valence electrons. The molecule has 0 spiro atoms. The minimum absolute atomic E-state index is 0.461. The fourth-order valence-electron chi connectivity index (χ4n) is 3.43. The van der Waals surface area contributed by atoms with Gasteiger partial charge in [-0.1, -0.05) is 57.9 Å². The quantitative estimate of drug-likeness (QED) is 0.702. The van der Waals surface area contributed by atoms with Crippen molar-refractivity contribution in [3.05, 3.63) is 0 Å². The van der Waals surface area contributed by atoms with Gasteiger partial charge in [-0.3, -0.25) is 0 Å². The van der Waals surface area contributed by atoms with Crippen LogP contribution in [0.25, 0.3) is 0 Å². The molecule has 1 N–H and O–H groups in total. The lowest BCUT2D eigenvalue weighted by atomic mass is 11.0. The molecule has 0 fully saturated rings. The summed E-state index contributed by atoms with van der Waals surface area (Å²) in [4.78, 5) is 10.9.